The molecule has 110 valence electrons. The Kier molecular flexibility index (Phi) is 4.56. The Hall–Kier alpha value is -3.11. The van der Waals surface area contributed by atoms with Crippen LogP contribution >= 0.6 is 11.6 Å². The molecule has 0 radical (unpaired) electrons. The van der Waals surface area contributed by atoms with E-state index in [1.807, 2.05) is 6.07 Å². The lowest BCUT2D eigenvalue weighted by Gasteiger charge is -2.08. The van der Waals surface area contributed by atoms with Gasteiger partial charge in [-0.05, 0) is 30.3 Å². The molecule has 2 aromatic rings. The van der Waals surface area contributed by atoms with Gasteiger partial charge in [0.05, 0.1) is 16.6 Å². The lowest BCUT2D eigenvalue weighted by molar-refractivity contribution is -0.384. The van der Waals surface area contributed by atoms with Gasteiger partial charge in [0.1, 0.15) is 5.02 Å². The molecule has 0 bridgehead atoms. The van der Waals surface area contributed by atoms with Crippen LogP contribution in [0.2, 0.25) is 5.02 Å². The Morgan fingerprint density at radius 2 is 1.86 bits per heavy atom. The van der Waals surface area contributed by atoms with Crippen LogP contribution in [0.5, 0.6) is 0 Å². The van der Waals surface area contributed by atoms with Crippen LogP contribution in [0.4, 0.5) is 21.9 Å². The normalized spacial score (nSPS) is 9.64. The van der Waals surface area contributed by atoms with Gasteiger partial charge < -0.3 is 10.6 Å². The maximum Gasteiger partial charge on any atom is 0.323 e. The monoisotopic (exact) mass is 316 g/mol. The Morgan fingerprint density at radius 1 is 1.18 bits per heavy atom. The number of rotatable bonds is 3. The highest BCUT2D eigenvalue weighted by Crippen LogP contribution is 2.27. The molecule has 0 fully saturated rings. The maximum atomic E-state index is 11.8. The highest BCUT2D eigenvalue weighted by atomic mass is 35.5. The van der Waals surface area contributed by atoms with Gasteiger partial charge >= 0.3 is 6.03 Å². The van der Waals surface area contributed by atoms with E-state index in [-0.39, 0.29) is 16.4 Å². The van der Waals surface area contributed by atoms with Crippen molar-refractivity contribution in [3.63, 3.8) is 0 Å². The number of nitrogens with zero attached hydrogens (tertiary/aromatic N) is 2. The van der Waals surface area contributed by atoms with Crippen LogP contribution in [0, 0.1) is 21.4 Å². The van der Waals surface area contributed by atoms with E-state index in [0.717, 1.165) is 6.07 Å². The summed E-state index contributed by atoms with van der Waals surface area (Å²) < 4.78 is 0. The standard InChI is InChI=1S/C14H9ClN4O3/c15-12-5-4-11(7-13(12)19(21)22)18-14(20)17-10-3-1-2-9(6-10)8-16/h1-7H,(H2,17,18,20). The molecule has 0 heterocycles. The van der Waals surface area contributed by atoms with Crippen molar-refractivity contribution in [2.24, 2.45) is 0 Å². The van der Waals surface area contributed by atoms with Crippen molar-refractivity contribution in [3.8, 4) is 6.07 Å². The van der Waals surface area contributed by atoms with E-state index in [4.69, 9.17) is 16.9 Å². The number of carbonyl (C=O) groups excluding carboxylic acids is 1. The SMILES string of the molecule is N#Cc1cccc(NC(=O)Nc2ccc(Cl)c([N+](=O)[O-])c2)c1. The zero-order chi connectivity index (χ0) is 16.1. The number of halogens is 1. The second kappa shape index (κ2) is 6.56. The fraction of sp³-hybridized carbons (Fsp3) is 0. The number of carbonyl (C=O) groups is 1. The van der Waals surface area contributed by atoms with Crippen molar-refractivity contribution in [1.29, 1.82) is 5.26 Å². The number of benzene rings is 2. The summed E-state index contributed by atoms with van der Waals surface area (Å²) in [7, 11) is 0. The smallest absolute Gasteiger partial charge is 0.308 e. The summed E-state index contributed by atoms with van der Waals surface area (Å²) in [4.78, 5) is 22.0. The molecule has 0 aliphatic rings. The first-order valence-electron chi connectivity index (χ1n) is 6.01. The molecule has 0 saturated heterocycles. The second-order valence-corrected chi connectivity index (χ2v) is 4.60. The number of anilines is 2. The molecule has 7 nitrogen and oxygen atoms in total. The first kappa shape index (κ1) is 15.3. The maximum absolute atomic E-state index is 11.8. The summed E-state index contributed by atoms with van der Waals surface area (Å²) >= 11 is 5.69. The first-order chi connectivity index (χ1) is 10.5. The van der Waals surface area contributed by atoms with Crippen LogP contribution in [-0.4, -0.2) is 11.0 Å². The Labute approximate surface area is 130 Å². The third kappa shape index (κ3) is 3.71. The summed E-state index contributed by atoms with van der Waals surface area (Å²) in [6.07, 6.45) is 0. The van der Waals surface area contributed by atoms with E-state index < -0.39 is 11.0 Å². The molecule has 0 saturated carbocycles. The number of nitro benzene ring substituents is 1. The zero-order valence-electron chi connectivity index (χ0n) is 11.0. The number of nitrogens with one attached hydrogen (secondary N) is 2. The van der Waals surface area contributed by atoms with Crippen LogP contribution < -0.4 is 10.6 Å². The second-order valence-electron chi connectivity index (χ2n) is 4.20. The molecule has 0 spiro atoms. The largest absolute Gasteiger partial charge is 0.323 e. The summed E-state index contributed by atoms with van der Waals surface area (Å²) in [5, 5.41) is 24.5. The molecule has 2 N–H and O–H groups in total. The fourth-order valence-corrected chi connectivity index (χ4v) is 1.88. The van der Waals surface area contributed by atoms with E-state index in [2.05, 4.69) is 10.6 Å². The van der Waals surface area contributed by atoms with E-state index in [1.54, 1.807) is 18.2 Å². The van der Waals surface area contributed by atoms with Crippen LogP contribution in [0.1, 0.15) is 5.56 Å². The molecule has 2 amide bonds. The quantitative estimate of drug-likeness (QED) is 0.663. The van der Waals surface area contributed by atoms with Gasteiger partial charge in [-0.25, -0.2) is 4.79 Å². The third-order valence-corrected chi connectivity index (χ3v) is 2.97. The summed E-state index contributed by atoms with van der Waals surface area (Å²) in [5.41, 5.74) is 0.760. The Bertz CT molecular complexity index is 786. The number of nitriles is 1. The minimum Gasteiger partial charge on any atom is -0.308 e. The molecular weight excluding hydrogens is 308 g/mol. The van der Waals surface area contributed by atoms with Crippen molar-refractivity contribution in [2.45, 2.75) is 0 Å². The predicted molar refractivity (Wildman–Crippen MR) is 81.9 cm³/mol. The number of nitro groups is 1. The first-order valence-corrected chi connectivity index (χ1v) is 6.39. The summed E-state index contributed by atoms with van der Waals surface area (Å²) in [6.45, 7) is 0. The highest BCUT2D eigenvalue weighted by Gasteiger charge is 2.13. The van der Waals surface area contributed by atoms with Crippen molar-refractivity contribution >= 4 is 34.7 Å². The number of urea groups is 1. The Morgan fingerprint density at radius 3 is 2.50 bits per heavy atom. The molecule has 0 aromatic heterocycles. The van der Waals surface area contributed by atoms with E-state index in [9.17, 15) is 14.9 Å². The van der Waals surface area contributed by atoms with E-state index in [0.29, 0.717) is 11.3 Å². The van der Waals surface area contributed by atoms with E-state index in [1.165, 1.54) is 18.2 Å². The molecular formula is C14H9ClN4O3. The predicted octanol–water partition coefficient (Wildman–Crippen LogP) is 3.76. The molecule has 22 heavy (non-hydrogen) atoms. The zero-order valence-corrected chi connectivity index (χ0v) is 11.8. The van der Waals surface area contributed by atoms with Crippen LogP contribution in [0.3, 0.4) is 0 Å². The van der Waals surface area contributed by atoms with Gasteiger partial charge in [-0.1, -0.05) is 17.7 Å². The lowest BCUT2D eigenvalue weighted by atomic mass is 10.2. The number of amides is 2. The van der Waals surface area contributed by atoms with Crippen molar-refractivity contribution in [2.75, 3.05) is 10.6 Å². The van der Waals surface area contributed by atoms with Gasteiger partial charge in [-0.2, -0.15) is 5.26 Å². The topological polar surface area (TPSA) is 108 Å². The minimum atomic E-state index is -0.637. The van der Waals surface area contributed by atoms with Gasteiger partial charge in [0, 0.05) is 17.4 Å². The molecule has 2 aromatic carbocycles. The van der Waals surface area contributed by atoms with Gasteiger partial charge in [0.2, 0.25) is 0 Å². The minimum absolute atomic E-state index is 0.0160. The average molecular weight is 317 g/mol. The third-order valence-electron chi connectivity index (χ3n) is 2.65. The number of hydrogen-bond acceptors (Lipinski definition) is 4. The van der Waals surface area contributed by atoms with E-state index >= 15 is 0 Å². The lowest BCUT2D eigenvalue weighted by Crippen LogP contribution is -2.19. The number of hydrogen-bond donors (Lipinski definition) is 2. The fourth-order valence-electron chi connectivity index (χ4n) is 1.69. The van der Waals surface area contributed by atoms with Gasteiger partial charge in [0.25, 0.3) is 5.69 Å². The van der Waals surface area contributed by atoms with Gasteiger partial charge in [-0.15, -0.1) is 0 Å². The van der Waals surface area contributed by atoms with Crippen LogP contribution in [0.15, 0.2) is 42.5 Å². The molecule has 0 atom stereocenters. The van der Waals surface area contributed by atoms with Crippen LogP contribution in [0.25, 0.3) is 0 Å². The molecule has 0 aliphatic carbocycles. The van der Waals surface area contributed by atoms with Crippen molar-refractivity contribution in [1.82, 2.24) is 0 Å². The summed E-state index contributed by atoms with van der Waals surface area (Å²) in [5.74, 6) is 0. The molecule has 2 rings (SSSR count). The van der Waals surface area contributed by atoms with Crippen molar-refractivity contribution in [3.05, 3.63) is 63.2 Å². The molecule has 0 unspecified atom stereocenters. The van der Waals surface area contributed by atoms with Gasteiger partial charge in [-0.3, -0.25) is 10.1 Å². The molecule has 8 heteroatoms. The van der Waals surface area contributed by atoms with Crippen LogP contribution in [-0.2, 0) is 0 Å². The highest BCUT2D eigenvalue weighted by molar-refractivity contribution is 6.32. The summed E-state index contributed by atoms with van der Waals surface area (Å²) in [6, 6.07) is 11.6. The van der Waals surface area contributed by atoms with Gasteiger partial charge in [0.15, 0.2) is 0 Å². The van der Waals surface area contributed by atoms with Crippen molar-refractivity contribution < 1.29 is 9.72 Å². The average Bonchev–Trinajstić information content (AvgIpc) is 2.49. The molecule has 0 aliphatic heterocycles. The Balaban J connectivity index is 2.10.